The molecule has 0 radical (unpaired) electrons. The van der Waals surface area contributed by atoms with Crippen molar-refractivity contribution in [2.24, 2.45) is 22.7 Å². The SMILES string of the molecule is CSC1CC[C@H]2[C@@H]3CCC4=CC(=O)C=C[C@]4(C)C3(F)[C@@H](OC(C)=O)C[C@]12C. The maximum Gasteiger partial charge on any atom is 0.303 e. The standard InChI is InChI=1S/C22H29FO3S/c1-13(24)26-18-12-20(2)16(7-8-19(20)27-4)17-6-5-14-11-15(25)9-10-21(14,3)22(17,18)23/h9-11,16-19H,5-8,12H2,1-4H3/t16-,17-,18-,19?,20-,21-,22?/m0/s1. The van der Waals surface area contributed by atoms with Crippen LogP contribution < -0.4 is 0 Å². The van der Waals surface area contributed by atoms with Gasteiger partial charge in [-0.2, -0.15) is 11.8 Å². The molecule has 0 heterocycles. The molecule has 0 bridgehead atoms. The zero-order chi connectivity index (χ0) is 19.6. The summed E-state index contributed by atoms with van der Waals surface area (Å²) in [5, 5.41) is 0.471. The number of esters is 1. The second-order valence-electron chi connectivity index (χ2n) is 9.24. The fourth-order valence-corrected chi connectivity index (χ4v) is 8.02. The molecule has 0 amide bonds. The van der Waals surface area contributed by atoms with Crippen molar-refractivity contribution >= 4 is 23.5 Å². The second kappa shape index (κ2) is 6.20. The van der Waals surface area contributed by atoms with E-state index < -0.39 is 23.2 Å². The Labute approximate surface area is 165 Å². The highest BCUT2D eigenvalue weighted by molar-refractivity contribution is 7.99. The minimum absolute atomic E-state index is 0.0223. The molecule has 2 unspecified atom stereocenters. The molecule has 3 nitrogen and oxygen atoms in total. The fourth-order valence-electron chi connectivity index (χ4n) is 6.84. The molecule has 7 atom stereocenters. The van der Waals surface area contributed by atoms with Crippen LogP contribution in [0.4, 0.5) is 4.39 Å². The topological polar surface area (TPSA) is 43.4 Å². The number of thioether (sulfide) groups is 1. The number of hydrogen-bond acceptors (Lipinski definition) is 4. The van der Waals surface area contributed by atoms with Crippen molar-refractivity contribution in [3.05, 3.63) is 23.8 Å². The fraction of sp³-hybridized carbons (Fsp3) is 0.727. The molecule has 0 aromatic rings. The van der Waals surface area contributed by atoms with E-state index in [1.54, 1.807) is 12.2 Å². The molecule has 3 fully saturated rings. The first-order chi connectivity index (χ1) is 12.7. The second-order valence-corrected chi connectivity index (χ2v) is 10.3. The molecule has 27 heavy (non-hydrogen) atoms. The molecule has 4 aliphatic rings. The minimum atomic E-state index is -1.67. The maximum atomic E-state index is 17.2. The first kappa shape index (κ1) is 19.2. The van der Waals surface area contributed by atoms with Crippen LogP contribution in [-0.4, -0.2) is 35.0 Å². The Morgan fingerprint density at radius 3 is 2.67 bits per heavy atom. The van der Waals surface area contributed by atoms with Crippen LogP contribution in [0.5, 0.6) is 0 Å². The summed E-state index contributed by atoms with van der Waals surface area (Å²) < 4.78 is 22.9. The number of halogens is 1. The van der Waals surface area contributed by atoms with E-state index in [0.717, 1.165) is 31.3 Å². The Bertz CT molecular complexity index is 746. The third-order valence-electron chi connectivity index (χ3n) is 8.12. The number of ketones is 1. The van der Waals surface area contributed by atoms with Gasteiger partial charge in [0.25, 0.3) is 0 Å². The zero-order valence-corrected chi connectivity index (χ0v) is 17.4. The van der Waals surface area contributed by atoms with E-state index in [1.165, 1.54) is 13.0 Å². The smallest absolute Gasteiger partial charge is 0.303 e. The summed E-state index contributed by atoms with van der Waals surface area (Å²) in [5.74, 6) is -0.362. The number of ether oxygens (including phenoxy) is 1. The normalized spacial score (nSPS) is 48.3. The lowest BCUT2D eigenvalue weighted by Gasteiger charge is -2.62. The summed E-state index contributed by atoms with van der Waals surface area (Å²) in [5.41, 5.74) is -1.72. The zero-order valence-electron chi connectivity index (χ0n) is 16.6. The van der Waals surface area contributed by atoms with Gasteiger partial charge in [0.1, 0.15) is 6.10 Å². The molecule has 148 valence electrons. The predicted octanol–water partition coefficient (Wildman–Crippen LogP) is 4.66. The molecule has 0 aliphatic heterocycles. The van der Waals surface area contributed by atoms with Gasteiger partial charge in [-0.05, 0) is 68.8 Å². The van der Waals surface area contributed by atoms with Crippen LogP contribution in [0.25, 0.3) is 0 Å². The Morgan fingerprint density at radius 2 is 2.00 bits per heavy atom. The number of alkyl halides is 1. The van der Waals surface area contributed by atoms with Gasteiger partial charge in [-0.25, -0.2) is 4.39 Å². The highest BCUT2D eigenvalue weighted by atomic mass is 32.2. The summed E-state index contributed by atoms with van der Waals surface area (Å²) in [4.78, 5) is 23.8. The molecule has 4 aliphatic carbocycles. The van der Waals surface area contributed by atoms with Crippen molar-refractivity contribution in [2.75, 3.05) is 6.26 Å². The third-order valence-corrected chi connectivity index (χ3v) is 9.46. The lowest BCUT2D eigenvalue weighted by Crippen LogP contribution is -2.67. The van der Waals surface area contributed by atoms with Crippen LogP contribution in [-0.2, 0) is 14.3 Å². The summed E-state index contributed by atoms with van der Waals surface area (Å²) in [7, 11) is 0. The summed E-state index contributed by atoms with van der Waals surface area (Å²) >= 11 is 1.87. The van der Waals surface area contributed by atoms with Crippen LogP contribution >= 0.6 is 11.8 Å². The van der Waals surface area contributed by atoms with Crippen LogP contribution in [0.2, 0.25) is 0 Å². The summed E-state index contributed by atoms with van der Waals surface area (Å²) in [6.45, 7) is 5.54. The van der Waals surface area contributed by atoms with E-state index in [1.807, 2.05) is 18.7 Å². The van der Waals surface area contributed by atoms with E-state index in [4.69, 9.17) is 4.74 Å². The Morgan fingerprint density at radius 1 is 1.26 bits per heavy atom. The van der Waals surface area contributed by atoms with E-state index in [9.17, 15) is 9.59 Å². The third kappa shape index (κ3) is 2.46. The van der Waals surface area contributed by atoms with Gasteiger partial charge in [-0.3, -0.25) is 9.59 Å². The van der Waals surface area contributed by atoms with Gasteiger partial charge < -0.3 is 4.74 Å². The van der Waals surface area contributed by atoms with Crippen molar-refractivity contribution in [1.29, 1.82) is 0 Å². The molecular weight excluding hydrogens is 363 g/mol. The average molecular weight is 393 g/mol. The summed E-state index contributed by atoms with van der Waals surface area (Å²) in [6.07, 6.45) is 10.3. The number of hydrogen-bond donors (Lipinski definition) is 0. The lowest BCUT2D eigenvalue weighted by atomic mass is 9.46. The van der Waals surface area contributed by atoms with E-state index in [-0.39, 0.29) is 23.0 Å². The minimum Gasteiger partial charge on any atom is -0.459 e. The van der Waals surface area contributed by atoms with E-state index in [0.29, 0.717) is 11.7 Å². The quantitative estimate of drug-likeness (QED) is 0.641. The number of rotatable bonds is 2. The van der Waals surface area contributed by atoms with Crippen molar-refractivity contribution in [3.63, 3.8) is 0 Å². The molecule has 0 aromatic heterocycles. The molecule has 0 N–H and O–H groups in total. The first-order valence-electron chi connectivity index (χ1n) is 10.00. The van der Waals surface area contributed by atoms with Gasteiger partial charge in [-0.15, -0.1) is 0 Å². The van der Waals surface area contributed by atoms with Gasteiger partial charge in [0.15, 0.2) is 11.5 Å². The van der Waals surface area contributed by atoms with Gasteiger partial charge in [0, 0.05) is 23.5 Å². The number of allylic oxidation sites excluding steroid dienone is 4. The predicted molar refractivity (Wildman–Crippen MR) is 105 cm³/mol. The molecule has 3 saturated carbocycles. The van der Waals surface area contributed by atoms with E-state index in [2.05, 4.69) is 13.2 Å². The number of fused-ring (bicyclic) bond motifs is 5. The van der Waals surface area contributed by atoms with Gasteiger partial charge in [0.05, 0.1) is 0 Å². The van der Waals surface area contributed by atoms with Crippen molar-refractivity contribution in [3.8, 4) is 0 Å². The van der Waals surface area contributed by atoms with Crippen molar-refractivity contribution in [1.82, 2.24) is 0 Å². The average Bonchev–Trinajstić information content (AvgIpc) is 2.92. The van der Waals surface area contributed by atoms with Gasteiger partial charge in [0.2, 0.25) is 0 Å². The Hall–Kier alpha value is -1.10. The Balaban J connectivity index is 1.84. The van der Waals surface area contributed by atoms with Gasteiger partial charge >= 0.3 is 5.97 Å². The maximum absolute atomic E-state index is 17.2. The number of carbonyl (C=O) groups excluding carboxylic acids is 2. The molecule has 0 saturated heterocycles. The van der Waals surface area contributed by atoms with Crippen molar-refractivity contribution < 1.29 is 18.7 Å². The van der Waals surface area contributed by atoms with E-state index >= 15 is 4.39 Å². The highest BCUT2D eigenvalue weighted by Crippen LogP contribution is 2.69. The van der Waals surface area contributed by atoms with Gasteiger partial charge in [-0.1, -0.05) is 18.6 Å². The number of carbonyl (C=O) groups is 2. The monoisotopic (exact) mass is 392 g/mol. The molecule has 0 aromatic carbocycles. The summed E-state index contributed by atoms with van der Waals surface area (Å²) in [6, 6.07) is 0. The Kier molecular flexibility index (Phi) is 4.41. The lowest BCUT2D eigenvalue weighted by molar-refractivity contribution is -0.208. The van der Waals surface area contributed by atoms with Crippen LogP contribution in [0.15, 0.2) is 23.8 Å². The van der Waals surface area contributed by atoms with Crippen LogP contribution in [0.3, 0.4) is 0 Å². The highest BCUT2D eigenvalue weighted by Gasteiger charge is 2.71. The van der Waals surface area contributed by atoms with Crippen LogP contribution in [0.1, 0.15) is 52.9 Å². The van der Waals surface area contributed by atoms with Crippen LogP contribution in [0, 0.1) is 22.7 Å². The van der Waals surface area contributed by atoms with Crippen molar-refractivity contribution in [2.45, 2.75) is 69.9 Å². The molecule has 4 rings (SSSR count). The molecular formula is C22H29FO3S. The molecule has 0 spiro atoms. The largest absolute Gasteiger partial charge is 0.459 e. The first-order valence-corrected chi connectivity index (χ1v) is 11.3. The molecule has 5 heteroatoms.